The standard InChI is InChI=1S/C18H21NO2/c1-3-20-14-10-8-13(9-11-14)18(19-2)16-12-21-17-7-5-4-6-15(16)17/h4-11,16,18-19H,3,12H2,1-2H3. The van der Waals surface area contributed by atoms with E-state index >= 15 is 0 Å². The third kappa shape index (κ3) is 2.74. The molecule has 21 heavy (non-hydrogen) atoms. The van der Waals surface area contributed by atoms with E-state index in [1.54, 1.807) is 0 Å². The van der Waals surface area contributed by atoms with Crippen molar-refractivity contribution in [2.45, 2.75) is 18.9 Å². The molecule has 110 valence electrons. The number of rotatable bonds is 5. The maximum atomic E-state index is 5.81. The number of benzene rings is 2. The topological polar surface area (TPSA) is 30.5 Å². The molecule has 0 radical (unpaired) electrons. The van der Waals surface area contributed by atoms with E-state index in [0.29, 0.717) is 12.5 Å². The zero-order chi connectivity index (χ0) is 14.7. The molecule has 0 saturated carbocycles. The van der Waals surface area contributed by atoms with Crippen molar-refractivity contribution >= 4 is 0 Å². The van der Waals surface area contributed by atoms with Crippen molar-refractivity contribution in [2.75, 3.05) is 20.3 Å². The summed E-state index contributed by atoms with van der Waals surface area (Å²) in [6.45, 7) is 3.41. The van der Waals surface area contributed by atoms with Crippen LogP contribution in [-0.2, 0) is 0 Å². The second-order valence-electron chi connectivity index (χ2n) is 5.22. The minimum Gasteiger partial charge on any atom is -0.494 e. The lowest BCUT2D eigenvalue weighted by Crippen LogP contribution is -2.24. The summed E-state index contributed by atoms with van der Waals surface area (Å²) in [6, 6.07) is 16.9. The highest BCUT2D eigenvalue weighted by Gasteiger charge is 2.31. The van der Waals surface area contributed by atoms with Crippen molar-refractivity contribution in [1.29, 1.82) is 0 Å². The molecule has 1 aliphatic heterocycles. The molecule has 2 atom stereocenters. The van der Waals surface area contributed by atoms with Crippen molar-refractivity contribution in [3.63, 3.8) is 0 Å². The van der Waals surface area contributed by atoms with E-state index in [1.807, 2.05) is 38.2 Å². The minimum absolute atomic E-state index is 0.240. The minimum atomic E-state index is 0.240. The predicted octanol–water partition coefficient (Wildman–Crippen LogP) is 3.52. The number of ether oxygens (including phenoxy) is 2. The number of para-hydroxylation sites is 1. The van der Waals surface area contributed by atoms with Gasteiger partial charge in [0.2, 0.25) is 0 Å². The molecule has 2 aromatic rings. The van der Waals surface area contributed by atoms with Gasteiger partial charge < -0.3 is 14.8 Å². The Morgan fingerprint density at radius 3 is 2.67 bits per heavy atom. The molecule has 0 aromatic heterocycles. The van der Waals surface area contributed by atoms with E-state index in [1.165, 1.54) is 11.1 Å². The van der Waals surface area contributed by atoms with Gasteiger partial charge in [0.1, 0.15) is 11.5 Å². The van der Waals surface area contributed by atoms with Gasteiger partial charge in [-0.1, -0.05) is 30.3 Å². The Balaban J connectivity index is 1.85. The fourth-order valence-corrected chi connectivity index (χ4v) is 3.00. The molecule has 3 heteroatoms. The van der Waals surface area contributed by atoms with Crippen molar-refractivity contribution < 1.29 is 9.47 Å². The van der Waals surface area contributed by atoms with Crippen molar-refractivity contribution in [3.05, 3.63) is 59.7 Å². The average molecular weight is 283 g/mol. The Kier molecular flexibility index (Phi) is 4.11. The van der Waals surface area contributed by atoms with E-state index in [2.05, 4.69) is 29.6 Å². The molecule has 2 aromatic carbocycles. The molecule has 0 spiro atoms. The summed E-state index contributed by atoms with van der Waals surface area (Å²) in [5.41, 5.74) is 2.54. The van der Waals surface area contributed by atoms with Crippen LogP contribution in [0.3, 0.4) is 0 Å². The van der Waals surface area contributed by atoms with E-state index in [9.17, 15) is 0 Å². The summed E-state index contributed by atoms with van der Waals surface area (Å²) in [7, 11) is 2.00. The van der Waals surface area contributed by atoms with Gasteiger partial charge in [0.25, 0.3) is 0 Å². The van der Waals surface area contributed by atoms with Gasteiger partial charge in [-0.2, -0.15) is 0 Å². The lowest BCUT2D eigenvalue weighted by Gasteiger charge is -2.23. The van der Waals surface area contributed by atoms with Gasteiger partial charge in [-0.15, -0.1) is 0 Å². The first-order valence-electron chi connectivity index (χ1n) is 7.45. The third-order valence-electron chi connectivity index (χ3n) is 4.00. The molecule has 1 aliphatic rings. The van der Waals surface area contributed by atoms with Gasteiger partial charge in [0.15, 0.2) is 0 Å². The van der Waals surface area contributed by atoms with Gasteiger partial charge >= 0.3 is 0 Å². The van der Waals surface area contributed by atoms with Crippen LogP contribution >= 0.6 is 0 Å². The number of hydrogen-bond acceptors (Lipinski definition) is 3. The zero-order valence-corrected chi connectivity index (χ0v) is 12.5. The SMILES string of the molecule is CCOc1ccc(C(NC)C2COc3ccccc32)cc1. The van der Waals surface area contributed by atoms with Crippen molar-refractivity contribution in [2.24, 2.45) is 0 Å². The normalized spacial score (nSPS) is 17.9. The summed E-state index contributed by atoms with van der Waals surface area (Å²) in [5.74, 6) is 2.26. The second-order valence-corrected chi connectivity index (χ2v) is 5.22. The summed E-state index contributed by atoms with van der Waals surface area (Å²) >= 11 is 0. The molecule has 2 unspecified atom stereocenters. The van der Waals surface area contributed by atoms with Crippen LogP contribution in [-0.4, -0.2) is 20.3 Å². The number of fused-ring (bicyclic) bond motifs is 1. The molecular formula is C18H21NO2. The van der Waals surface area contributed by atoms with Gasteiger partial charge in [-0.25, -0.2) is 0 Å². The summed E-state index contributed by atoms with van der Waals surface area (Å²) in [4.78, 5) is 0. The summed E-state index contributed by atoms with van der Waals surface area (Å²) in [6.07, 6.45) is 0. The van der Waals surface area contributed by atoms with Crippen molar-refractivity contribution in [3.8, 4) is 11.5 Å². The van der Waals surface area contributed by atoms with Crippen LogP contribution in [0.5, 0.6) is 11.5 Å². The van der Waals surface area contributed by atoms with Gasteiger partial charge in [-0.05, 0) is 37.7 Å². The molecule has 0 fully saturated rings. The third-order valence-corrected chi connectivity index (χ3v) is 4.00. The summed E-state index contributed by atoms with van der Waals surface area (Å²) < 4.78 is 11.3. The van der Waals surface area contributed by atoms with Crippen LogP contribution in [0.4, 0.5) is 0 Å². The predicted molar refractivity (Wildman–Crippen MR) is 84.1 cm³/mol. The lowest BCUT2D eigenvalue weighted by atomic mass is 9.88. The van der Waals surface area contributed by atoms with E-state index < -0.39 is 0 Å². The lowest BCUT2D eigenvalue weighted by molar-refractivity contribution is 0.304. The van der Waals surface area contributed by atoms with Crippen LogP contribution in [0.15, 0.2) is 48.5 Å². The Morgan fingerprint density at radius 2 is 1.95 bits per heavy atom. The van der Waals surface area contributed by atoms with E-state index in [-0.39, 0.29) is 6.04 Å². The van der Waals surface area contributed by atoms with Crippen LogP contribution in [0.1, 0.15) is 30.0 Å². The van der Waals surface area contributed by atoms with E-state index in [4.69, 9.17) is 9.47 Å². The molecule has 0 amide bonds. The fourth-order valence-electron chi connectivity index (χ4n) is 3.00. The maximum absolute atomic E-state index is 5.81. The highest BCUT2D eigenvalue weighted by molar-refractivity contribution is 5.42. The quantitative estimate of drug-likeness (QED) is 0.910. The van der Waals surface area contributed by atoms with Crippen molar-refractivity contribution in [1.82, 2.24) is 5.32 Å². The Bertz CT molecular complexity index is 594. The largest absolute Gasteiger partial charge is 0.494 e. The first-order chi connectivity index (χ1) is 10.3. The smallest absolute Gasteiger partial charge is 0.122 e. The molecule has 3 rings (SSSR count). The van der Waals surface area contributed by atoms with Crippen LogP contribution in [0, 0.1) is 0 Å². The van der Waals surface area contributed by atoms with E-state index in [0.717, 1.165) is 18.1 Å². The number of likely N-dealkylation sites (N-methyl/N-ethyl adjacent to an activating group) is 1. The first-order valence-corrected chi connectivity index (χ1v) is 7.45. The molecule has 1 N–H and O–H groups in total. The molecule has 1 heterocycles. The Hall–Kier alpha value is -2.00. The average Bonchev–Trinajstić information content (AvgIpc) is 2.94. The number of hydrogen-bond donors (Lipinski definition) is 1. The molecule has 0 aliphatic carbocycles. The first kappa shape index (κ1) is 14.0. The maximum Gasteiger partial charge on any atom is 0.122 e. The molecule has 0 saturated heterocycles. The summed E-state index contributed by atoms with van der Waals surface area (Å²) in [5, 5.41) is 3.43. The molecule has 3 nitrogen and oxygen atoms in total. The van der Waals surface area contributed by atoms with Crippen LogP contribution in [0.25, 0.3) is 0 Å². The van der Waals surface area contributed by atoms with Gasteiger partial charge in [0, 0.05) is 17.5 Å². The van der Waals surface area contributed by atoms with Gasteiger partial charge in [0.05, 0.1) is 13.2 Å². The highest BCUT2D eigenvalue weighted by Crippen LogP contribution is 2.41. The van der Waals surface area contributed by atoms with Crippen LogP contribution in [0.2, 0.25) is 0 Å². The zero-order valence-electron chi connectivity index (χ0n) is 12.5. The van der Waals surface area contributed by atoms with Gasteiger partial charge in [-0.3, -0.25) is 0 Å². The fraction of sp³-hybridized carbons (Fsp3) is 0.333. The number of nitrogens with one attached hydrogen (secondary N) is 1. The second kappa shape index (κ2) is 6.19. The monoisotopic (exact) mass is 283 g/mol. The highest BCUT2D eigenvalue weighted by atomic mass is 16.5. The molecule has 0 bridgehead atoms. The Labute approximate surface area is 125 Å². The molecular weight excluding hydrogens is 262 g/mol. The van der Waals surface area contributed by atoms with Crippen LogP contribution < -0.4 is 14.8 Å². The Morgan fingerprint density at radius 1 is 1.19 bits per heavy atom.